The number of nitrogens with zero attached hydrogens (tertiary/aromatic N) is 1. The van der Waals surface area contributed by atoms with Crippen LogP contribution in [0.4, 0.5) is 0 Å². The fraction of sp³-hybridized carbons (Fsp3) is 0.667. The number of aryl methyl sites for hydroxylation is 1. The van der Waals surface area contributed by atoms with Crippen molar-refractivity contribution in [2.75, 3.05) is 13.7 Å². The van der Waals surface area contributed by atoms with Crippen molar-refractivity contribution in [1.82, 2.24) is 9.55 Å². The summed E-state index contributed by atoms with van der Waals surface area (Å²) in [6, 6.07) is 0. The lowest BCUT2D eigenvalue weighted by molar-refractivity contribution is 0.0335. The molecule has 1 aromatic heterocycles. The Bertz CT molecular complexity index is 553. The SMILES string of the molecule is CCc1cn(C(CC2SC2CO)OC)c(=O)[nH]c1=O. The van der Waals surface area contributed by atoms with Gasteiger partial charge in [-0.1, -0.05) is 6.92 Å². The van der Waals surface area contributed by atoms with Gasteiger partial charge in [0.1, 0.15) is 6.23 Å². The Morgan fingerprint density at radius 1 is 1.53 bits per heavy atom. The molecule has 0 aromatic carbocycles. The molecule has 106 valence electrons. The number of aliphatic hydroxyl groups excluding tert-OH is 1. The van der Waals surface area contributed by atoms with Gasteiger partial charge in [0, 0.05) is 35.8 Å². The van der Waals surface area contributed by atoms with Crippen LogP contribution in [0.1, 0.15) is 25.1 Å². The van der Waals surface area contributed by atoms with E-state index < -0.39 is 11.9 Å². The predicted octanol–water partition coefficient (Wildman–Crippen LogP) is 0.110. The summed E-state index contributed by atoms with van der Waals surface area (Å²) in [7, 11) is 1.54. The largest absolute Gasteiger partial charge is 0.395 e. The third-order valence-corrected chi connectivity index (χ3v) is 4.69. The maximum atomic E-state index is 11.8. The van der Waals surface area contributed by atoms with Crippen LogP contribution in [0.2, 0.25) is 0 Å². The van der Waals surface area contributed by atoms with Gasteiger partial charge in [0.2, 0.25) is 0 Å². The topological polar surface area (TPSA) is 84.3 Å². The van der Waals surface area contributed by atoms with Gasteiger partial charge in [-0.15, -0.1) is 0 Å². The molecule has 6 nitrogen and oxygen atoms in total. The first-order valence-corrected chi connectivity index (χ1v) is 7.18. The maximum absolute atomic E-state index is 11.8. The second kappa shape index (κ2) is 5.94. The van der Waals surface area contributed by atoms with Gasteiger partial charge in [0.25, 0.3) is 5.56 Å². The van der Waals surface area contributed by atoms with Crippen LogP contribution in [0.5, 0.6) is 0 Å². The monoisotopic (exact) mass is 286 g/mol. The minimum absolute atomic E-state index is 0.145. The molecule has 1 aliphatic heterocycles. The van der Waals surface area contributed by atoms with Crippen LogP contribution in [0.3, 0.4) is 0 Å². The minimum atomic E-state index is -0.458. The van der Waals surface area contributed by atoms with Crippen LogP contribution in [0.25, 0.3) is 0 Å². The molecular formula is C12H18N2O4S. The average molecular weight is 286 g/mol. The van der Waals surface area contributed by atoms with Crippen molar-refractivity contribution in [2.24, 2.45) is 0 Å². The van der Waals surface area contributed by atoms with Gasteiger partial charge in [-0.2, -0.15) is 11.8 Å². The normalized spacial score (nSPS) is 23.3. The molecular weight excluding hydrogens is 268 g/mol. The van der Waals surface area contributed by atoms with E-state index in [0.29, 0.717) is 23.7 Å². The number of aromatic nitrogens is 2. The summed E-state index contributed by atoms with van der Waals surface area (Å²) in [5, 5.41) is 9.57. The van der Waals surface area contributed by atoms with Crippen molar-refractivity contribution in [3.63, 3.8) is 0 Å². The fourth-order valence-corrected chi connectivity index (χ4v) is 2.98. The van der Waals surface area contributed by atoms with Crippen molar-refractivity contribution in [1.29, 1.82) is 0 Å². The molecule has 1 aromatic rings. The average Bonchev–Trinajstić information content (AvgIpc) is 3.15. The number of hydrogen-bond acceptors (Lipinski definition) is 5. The lowest BCUT2D eigenvalue weighted by atomic mass is 10.2. The molecule has 19 heavy (non-hydrogen) atoms. The lowest BCUT2D eigenvalue weighted by Crippen LogP contribution is -2.35. The third-order valence-electron chi connectivity index (χ3n) is 3.31. The zero-order chi connectivity index (χ0) is 14.0. The molecule has 3 unspecified atom stereocenters. The standard InChI is InChI=1S/C12H18N2O4S/c1-3-7-5-14(12(17)13-11(7)16)10(18-2)4-8-9(6-15)19-8/h5,8-10,15H,3-4,6H2,1-2H3,(H,13,16,17). The van der Waals surface area contributed by atoms with Crippen molar-refractivity contribution < 1.29 is 9.84 Å². The van der Waals surface area contributed by atoms with Gasteiger partial charge in [-0.25, -0.2) is 4.79 Å². The summed E-state index contributed by atoms with van der Waals surface area (Å²) in [6.45, 7) is 2.01. The lowest BCUT2D eigenvalue weighted by Gasteiger charge is -2.18. The number of aromatic amines is 1. The molecule has 0 spiro atoms. The fourth-order valence-electron chi connectivity index (χ4n) is 2.06. The van der Waals surface area contributed by atoms with E-state index in [-0.39, 0.29) is 17.4 Å². The second-order valence-corrected chi connectivity index (χ2v) is 5.98. The molecule has 0 saturated carbocycles. The maximum Gasteiger partial charge on any atom is 0.330 e. The molecule has 0 aliphatic carbocycles. The highest BCUT2D eigenvalue weighted by Crippen LogP contribution is 2.45. The summed E-state index contributed by atoms with van der Waals surface area (Å²) in [4.78, 5) is 25.7. The van der Waals surface area contributed by atoms with E-state index in [2.05, 4.69) is 4.98 Å². The summed E-state index contributed by atoms with van der Waals surface area (Å²) < 4.78 is 6.77. The summed E-state index contributed by atoms with van der Waals surface area (Å²) in [6.07, 6.45) is 2.35. The Balaban J connectivity index is 2.23. The molecule has 3 atom stereocenters. The van der Waals surface area contributed by atoms with Crippen LogP contribution < -0.4 is 11.2 Å². The highest BCUT2D eigenvalue weighted by Gasteiger charge is 2.39. The third kappa shape index (κ3) is 3.10. The molecule has 0 radical (unpaired) electrons. The number of methoxy groups -OCH3 is 1. The Hall–Kier alpha value is -1.05. The first-order valence-electron chi connectivity index (χ1n) is 6.24. The summed E-state index contributed by atoms with van der Waals surface area (Å²) >= 11 is 1.68. The van der Waals surface area contributed by atoms with Crippen LogP contribution >= 0.6 is 11.8 Å². The Morgan fingerprint density at radius 2 is 2.26 bits per heavy atom. The van der Waals surface area contributed by atoms with E-state index in [0.717, 1.165) is 0 Å². The zero-order valence-corrected chi connectivity index (χ0v) is 11.8. The molecule has 7 heteroatoms. The van der Waals surface area contributed by atoms with Crippen LogP contribution in [-0.2, 0) is 11.2 Å². The number of aliphatic hydroxyl groups is 1. The van der Waals surface area contributed by atoms with Crippen LogP contribution in [0, 0.1) is 0 Å². The second-order valence-electron chi connectivity index (χ2n) is 4.50. The quantitative estimate of drug-likeness (QED) is 0.725. The number of hydrogen-bond donors (Lipinski definition) is 2. The molecule has 2 rings (SSSR count). The van der Waals surface area contributed by atoms with Gasteiger partial charge in [0.05, 0.1) is 6.61 Å². The first kappa shape index (κ1) is 14.4. The number of ether oxygens (including phenoxy) is 1. The molecule has 1 saturated heterocycles. The van der Waals surface area contributed by atoms with Gasteiger partial charge in [-0.3, -0.25) is 14.3 Å². The summed E-state index contributed by atoms with van der Waals surface area (Å²) in [5.74, 6) is 0. The highest BCUT2D eigenvalue weighted by molar-refractivity contribution is 8.07. The van der Waals surface area contributed by atoms with E-state index in [4.69, 9.17) is 9.84 Å². The van der Waals surface area contributed by atoms with E-state index in [1.54, 1.807) is 18.0 Å². The van der Waals surface area contributed by atoms with Crippen molar-refractivity contribution in [2.45, 2.75) is 36.5 Å². The van der Waals surface area contributed by atoms with Crippen molar-refractivity contribution >= 4 is 11.8 Å². The molecule has 1 aliphatic rings. The van der Waals surface area contributed by atoms with Gasteiger partial charge >= 0.3 is 5.69 Å². The van der Waals surface area contributed by atoms with Crippen molar-refractivity contribution in [3.8, 4) is 0 Å². The van der Waals surface area contributed by atoms with E-state index >= 15 is 0 Å². The van der Waals surface area contributed by atoms with Gasteiger partial charge in [0.15, 0.2) is 0 Å². The van der Waals surface area contributed by atoms with Crippen molar-refractivity contribution in [3.05, 3.63) is 32.6 Å². The van der Waals surface area contributed by atoms with Crippen LogP contribution in [0.15, 0.2) is 15.8 Å². The van der Waals surface area contributed by atoms with Crippen LogP contribution in [-0.4, -0.2) is 38.9 Å². The minimum Gasteiger partial charge on any atom is -0.395 e. The number of nitrogens with one attached hydrogen (secondary N) is 1. The molecule has 0 bridgehead atoms. The van der Waals surface area contributed by atoms with E-state index in [1.807, 2.05) is 6.92 Å². The number of rotatable bonds is 6. The highest BCUT2D eigenvalue weighted by atomic mass is 32.2. The Labute approximate surface area is 114 Å². The van der Waals surface area contributed by atoms with E-state index in [9.17, 15) is 9.59 Å². The Kier molecular flexibility index (Phi) is 4.49. The van der Waals surface area contributed by atoms with E-state index in [1.165, 1.54) is 11.7 Å². The molecule has 0 amide bonds. The number of H-pyrrole nitrogens is 1. The molecule has 1 fully saturated rings. The first-order chi connectivity index (χ1) is 9.10. The molecule has 2 N–H and O–H groups in total. The predicted molar refractivity (Wildman–Crippen MR) is 73.6 cm³/mol. The van der Waals surface area contributed by atoms with Gasteiger partial charge < -0.3 is 9.84 Å². The number of thioether (sulfide) groups is 1. The zero-order valence-electron chi connectivity index (χ0n) is 11.0. The smallest absolute Gasteiger partial charge is 0.330 e. The molecule has 2 heterocycles. The Morgan fingerprint density at radius 3 is 2.79 bits per heavy atom. The van der Waals surface area contributed by atoms with Gasteiger partial charge in [-0.05, 0) is 6.42 Å². The summed E-state index contributed by atoms with van der Waals surface area (Å²) in [5.41, 5.74) is -0.239.